The van der Waals surface area contributed by atoms with Gasteiger partial charge in [0.15, 0.2) is 0 Å². The number of hydrogen-bond donors (Lipinski definition) is 4. The average molecular weight is 984 g/mol. The van der Waals surface area contributed by atoms with E-state index in [0.29, 0.717) is 46.2 Å². The zero-order valence-corrected chi connectivity index (χ0v) is 38.9. The highest BCUT2D eigenvalue weighted by Crippen LogP contribution is 2.55. The number of ether oxygens (including phenoxy) is 2. The normalized spacial score (nSPS) is 26.9. The van der Waals surface area contributed by atoms with Crippen molar-refractivity contribution in [3.05, 3.63) is 70.5 Å². The smallest absolute Gasteiger partial charge is 0.407 e. The third-order valence-electron chi connectivity index (χ3n) is 15.3. The second-order valence-corrected chi connectivity index (χ2v) is 20.2. The summed E-state index contributed by atoms with van der Waals surface area (Å²) in [4.78, 5) is 73.0. The number of nitrogens with one attached hydrogen (secondary N) is 4. The predicted molar refractivity (Wildman–Crippen MR) is 242 cm³/mol. The number of alkyl carbamates (subject to hydrolysis) is 2. The van der Waals surface area contributed by atoms with Crippen molar-refractivity contribution in [2.24, 2.45) is 23.7 Å². The Balaban J connectivity index is 0.824. The second-order valence-electron chi connectivity index (χ2n) is 19.5. The minimum absolute atomic E-state index is 0.0477. The molecule has 0 bridgehead atoms. The van der Waals surface area contributed by atoms with E-state index in [9.17, 15) is 36.7 Å². The minimum atomic E-state index is -2.80. The Morgan fingerprint density at radius 1 is 0.603 bits per heavy atom. The van der Waals surface area contributed by atoms with Gasteiger partial charge in [-0.05, 0) is 86.2 Å². The number of halogens is 6. The molecule has 4 N–H and O–H groups in total. The number of aromatic amines is 2. The lowest BCUT2D eigenvalue weighted by molar-refractivity contribution is -0.139. The number of aromatic nitrogens is 4. The molecule has 68 heavy (non-hydrogen) atoms. The maximum absolute atomic E-state index is 14.3. The Hall–Kier alpha value is -5.36. The van der Waals surface area contributed by atoms with Crippen LogP contribution in [0.1, 0.15) is 101 Å². The van der Waals surface area contributed by atoms with Crippen molar-refractivity contribution in [3.8, 4) is 33.6 Å². The van der Waals surface area contributed by atoms with E-state index < -0.39 is 60.0 Å². The number of fused-ring (bicyclic) bond motifs is 2. The summed E-state index contributed by atoms with van der Waals surface area (Å²) in [5.41, 5.74) is 4.32. The Labute approximate surface area is 399 Å². The van der Waals surface area contributed by atoms with Gasteiger partial charge >= 0.3 is 12.2 Å². The molecule has 8 atom stereocenters. The summed E-state index contributed by atoms with van der Waals surface area (Å²) >= 11 is 13.6. The number of methoxy groups -OCH3 is 2. The van der Waals surface area contributed by atoms with Crippen molar-refractivity contribution in [1.82, 2.24) is 40.4 Å². The van der Waals surface area contributed by atoms with Gasteiger partial charge in [-0.2, -0.15) is 0 Å². The van der Waals surface area contributed by atoms with Crippen molar-refractivity contribution < 1.29 is 46.2 Å². The number of hydrogen-bond acceptors (Lipinski definition) is 8. The number of benzene rings is 2. The van der Waals surface area contributed by atoms with Crippen molar-refractivity contribution in [3.63, 3.8) is 0 Å². The Morgan fingerprint density at radius 2 is 0.941 bits per heavy atom. The molecule has 6 aliphatic rings. The average Bonchev–Trinajstić information content (AvgIpc) is 4.04. The lowest BCUT2D eigenvalue weighted by Gasteiger charge is -2.37. The quantitative estimate of drug-likeness (QED) is 0.108. The molecule has 0 radical (unpaired) electrons. The fourth-order valence-corrected chi connectivity index (χ4v) is 11.9. The van der Waals surface area contributed by atoms with Gasteiger partial charge in [-0.3, -0.25) is 9.59 Å². The van der Waals surface area contributed by atoms with Crippen LogP contribution in [0.4, 0.5) is 27.2 Å². The van der Waals surface area contributed by atoms with Crippen LogP contribution in [0.15, 0.2) is 48.5 Å². The Kier molecular flexibility index (Phi) is 12.2. The number of H-pyrrole nitrogens is 2. The number of rotatable bonds is 11. The molecule has 2 saturated heterocycles. The first-order valence-corrected chi connectivity index (χ1v) is 24.1. The number of nitrogens with zero attached hydrogens (tertiary/aromatic N) is 4. The molecule has 2 aromatic carbocycles. The number of carbonyl (C=O) groups is 4. The van der Waals surface area contributed by atoms with Crippen molar-refractivity contribution in [2.75, 3.05) is 14.2 Å². The van der Waals surface area contributed by atoms with Gasteiger partial charge in [0.05, 0.1) is 26.3 Å². The van der Waals surface area contributed by atoms with Gasteiger partial charge < -0.3 is 39.9 Å². The minimum Gasteiger partial charge on any atom is -0.453 e. The van der Waals surface area contributed by atoms with Crippen LogP contribution >= 0.6 is 23.2 Å². The fourth-order valence-electron chi connectivity index (χ4n) is 11.4. The van der Waals surface area contributed by atoms with E-state index in [2.05, 4.69) is 20.6 Å². The number of likely N-dealkylation sites (tertiary alicyclic amines) is 2. The summed E-state index contributed by atoms with van der Waals surface area (Å²) in [5, 5.41) is 5.92. The summed E-state index contributed by atoms with van der Waals surface area (Å²) in [7, 11) is 2.40. The number of piperidine rings is 2. The summed E-state index contributed by atoms with van der Waals surface area (Å²) in [5.74, 6) is -5.66. The van der Waals surface area contributed by atoms with Crippen molar-refractivity contribution >= 4 is 47.2 Å². The highest BCUT2D eigenvalue weighted by Gasteiger charge is 2.58. The molecule has 2 aliphatic heterocycles. The van der Waals surface area contributed by atoms with E-state index in [-0.39, 0.29) is 87.1 Å². The van der Waals surface area contributed by atoms with Crippen LogP contribution in [0.3, 0.4) is 0 Å². The molecule has 4 saturated carbocycles. The van der Waals surface area contributed by atoms with Crippen LogP contribution in [0.2, 0.25) is 10.3 Å². The lowest BCUT2D eigenvalue weighted by Crippen LogP contribution is -2.54. The highest BCUT2D eigenvalue weighted by atomic mass is 35.5. The maximum atomic E-state index is 14.3. The zero-order valence-electron chi connectivity index (χ0n) is 37.4. The zero-order chi connectivity index (χ0) is 47.8. The molecule has 10 rings (SSSR count). The standard InChI is InChI=1S/C48H52Cl2F4N8O6/c1-67-45(65)57-37(27-11-15-47(51,52)16-12-27)43(63)61-31-19-29(31)21-33(61)41-55-35(39(49)59-41)25-7-3-23(4-8-25)24-5-9-26(10-6-24)36-40(50)60-42(56-36)34-22-30-20-32(30)62(34)44(64)38(58-46(66)68-2)28-13-17-48(53,54)18-14-28/h3-10,27-34,37-38H,11-22H2,1-2H3,(H,55,59)(H,56,60)(H,57,65)(H,58,66)/t29-,30-,31-,32-,33+,34+,37+,38+/m1/s1. The summed E-state index contributed by atoms with van der Waals surface area (Å²) < 4.78 is 66.0. The third kappa shape index (κ3) is 9.02. The van der Waals surface area contributed by atoms with Gasteiger partial charge in [0.2, 0.25) is 23.7 Å². The number of carbonyl (C=O) groups excluding carboxylic acids is 4. The first-order chi connectivity index (χ1) is 32.5. The van der Waals surface area contributed by atoms with Crippen LogP contribution in [-0.4, -0.2) is 104 Å². The Morgan fingerprint density at radius 3 is 1.28 bits per heavy atom. The van der Waals surface area contributed by atoms with Crippen LogP contribution < -0.4 is 10.6 Å². The van der Waals surface area contributed by atoms with Crippen LogP contribution in [-0.2, 0) is 19.1 Å². The molecule has 6 fully saturated rings. The largest absolute Gasteiger partial charge is 0.453 e. The van der Waals surface area contributed by atoms with Gasteiger partial charge in [0.25, 0.3) is 0 Å². The van der Waals surface area contributed by atoms with E-state index >= 15 is 0 Å². The molecule has 4 aromatic rings. The highest BCUT2D eigenvalue weighted by molar-refractivity contribution is 6.32. The van der Waals surface area contributed by atoms with Gasteiger partial charge in [0, 0.05) is 48.9 Å². The van der Waals surface area contributed by atoms with E-state index in [1.807, 2.05) is 48.5 Å². The maximum Gasteiger partial charge on any atom is 0.407 e. The first kappa shape index (κ1) is 46.4. The van der Waals surface area contributed by atoms with Crippen LogP contribution in [0.5, 0.6) is 0 Å². The summed E-state index contributed by atoms with van der Waals surface area (Å²) in [6, 6.07) is 12.4. The van der Waals surface area contributed by atoms with Gasteiger partial charge in [0.1, 0.15) is 45.4 Å². The van der Waals surface area contributed by atoms with E-state index in [4.69, 9.17) is 42.6 Å². The van der Waals surface area contributed by atoms with E-state index in [1.54, 1.807) is 9.80 Å². The van der Waals surface area contributed by atoms with Crippen molar-refractivity contribution in [1.29, 1.82) is 0 Å². The summed E-state index contributed by atoms with van der Waals surface area (Å²) in [6.45, 7) is 0. The SMILES string of the molecule is COC(=O)N[C@H](C(=O)N1[C@@H]2C[C@@H]2C[C@H]1c1nc(-c2ccc(-c3ccc(-c4nc([C@@H]5C[C@H]6C[C@H]6N5C(=O)[C@@H](NC(=O)OC)C5CCC(F)(F)CC5)[nH]c4Cl)cc3)cc2)c(Cl)[nH]1)C1CCC(F)(F)CC1. The molecule has 20 heteroatoms. The number of alkyl halides is 4. The Bertz CT molecular complexity index is 2400. The predicted octanol–water partition coefficient (Wildman–Crippen LogP) is 9.86. The van der Waals surface area contributed by atoms with Gasteiger partial charge in [-0.25, -0.2) is 37.1 Å². The number of amides is 4. The molecular weight excluding hydrogens is 931 g/mol. The molecule has 0 unspecified atom stereocenters. The molecular formula is C48H52Cl2F4N8O6. The number of imidazole rings is 2. The van der Waals surface area contributed by atoms with Crippen molar-refractivity contribution in [2.45, 2.75) is 125 Å². The molecule has 0 spiro atoms. The fraction of sp³-hybridized carbons (Fsp3) is 0.542. The lowest BCUT2D eigenvalue weighted by atomic mass is 9.81. The van der Waals surface area contributed by atoms with E-state index in [1.165, 1.54) is 14.2 Å². The molecule has 4 aliphatic carbocycles. The monoisotopic (exact) mass is 982 g/mol. The van der Waals surface area contributed by atoms with Gasteiger partial charge in [-0.15, -0.1) is 0 Å². The second kappa shape index (κ2) is 17.9. The molecule has 362 valence electrons. The van der Waals surface area contributed by atoms with E-state index in [0.717, 1.165) is 35.1 Å². The molecule has 4 amide bonds. The molecule has 14 nitrogen and oxygen atoms in total. The van der Waals surface area contributed by atoms with Crippen LogP contribution in [0, 0.1) is 23.7 Å². The van der Waals surface area contributed by atoms with Gasteiger partial charge in [-0.1, -0.05) is 71.7 Å². The first-order valence-electron chi connectivity index (χ1n) is 23.3. The molecule has 4 heterocycles. The van der Waals surface area contributed by atoms with Crippen LogP contribution in [0.25, 0.3) is 33.6 Å². The molecule has 2 aromatic heterocycles. The third-order valence-corrected chi connectivity index (χ3v) is 15.8. The summed E-state index contributed by atoms with van der Waals surface area (Å²) in [6.07, 6.45) is 0.326. The topological polar surface area (TPSA) is 175 Å².